The standard InChI is InChI=1S/C25H19F2N3O2/c26-18-7-3-8-19(27)23(18)21-10-4-9-20(29-21)22-15-30(13-14-32-22)25(31)24-17-6-2-1-5-16(17)11-12-28-24/h1-12,22H,13-15H2/t22-/m0/s1. The van der Waals surface area contributed by atoms with Gasteiger partial charge in [0.05, 0.1) is 30.1 Å². The molecule has 5 rings (SSSR count). The monoisotopic (exact) mass is 431 g/mol. The molecule has 0 spiro atoms. The number of hydrogen-bond donors (Lipinski definition) is 0. The number of amides is 1. The van der Waals surface area contributed by atoms with Gasteiger partial charge in [-0.2, -0.15) is 0 Å². The predicted molar refractivity (Wildman–Crippen MR) is 116 cm³/mol. The molecule has 2 aromatic carbocycles. The summed E-state index contributed by atoms with van der Waals surface area (Å²) in [5.41, 5.74) is 0.895. The van der Waals surface area contributed by atoms with Crippen molar-refractivity contribution >= 4 is 16.7 Å². The SMILES string of the molecule is O=C(c1nccc2ccccc12)N1CCO[C@H](c2cccc(-c3c(F)cccc3F)n2)C1. The van der Waals surface area contributed by atoms with E-state index in [0.717, 1.165) is 10.8 Å². The number of nitrogens with zero attached hydrogens (tertiary/aromatic N) is 3. The molecule has 2 aromatic heterocycles. The van der Waals surface area contributed by atoms with Crippen LogP contribution in [0.4, 0.5) is 8.78 Å². The molecule has 5 nitrogen and oxygen atoms in total. The summed E-state index contributed by atoms with van der Waals surface area (Å²) in [5, 5.41) is 1.73. The van der Waals surface area contributed by atoms with Gasteiger partial charge >= 0.3 is 0 Å². The van der Waals surface area contributed by atoms with Crippen LogP contribution in [-0.2, 0) is 4.74 Å². The van der Waals surface area contributed by atoms with Crippen molar-refractivity contribution in [1.82, 2.24) is 14.9 Å². The van der Waals surface area contributed by atoms with E-state index in [2.05, 4.69) is 9.97 Å². The van der Waals surface area contributed by atoms with Crippen molar-refractivity contribution in [2.75, 3.05) is 19.7 Å². The molecule has 1 saturated heterocycles. The van der Waals surface area contributed by atoms with Crippen LogP contribution in [0.15, 0.2) is 72.9 Å². The van der Waals surface area contributed by atoms with Crippen molar-refractivity contribution in [2.24, 2.45) is 0 Å². The van der Waals surface area contributed by atoms with Crippen LogP contribution < -0.4 is 0 Å². The quantitative estimate of drug-likeness (QED) is 0.468. The first-order valence-corrected chi connectivity index (χ1v) is 10.3. The van der Waals surface area contributed by atoms with Crippen LogP contribution in [0.2, 0.25) is 0 Å². The Morgan fingerprint density at radius 2 is 1.75 bits per heavy atom. The summed E-state index contributed by atoms with van der Waals surface area (Å²) >= 11 is 0. The summed E-state index contributed by atoms with van der Waals surface area (Å²) in [6.45, 7) is 1.00. The number of aromatic nitrogens is 2. The molecular weight excluding hydrogens is 412 g/mol. The number of rotatable bonds is 3. The van der Waals surface area contributed by atoms with Crippen LogP contribution in [0.3, 0.4) is 0 Å². The summed E-state index contributed by atoms with van der Waals surface area (Å²) in [6.07, 6.45) is 1.11. The molecule has 0 saturated carbocycles. The molecule has 0 bridgehead atoms. The van der Waals surface area contributed by atoms with Crippen LogP contribution in [0.1, 0.15) is 22.3 Å². The lowest BCUT2D eigenvalue weighted by Crippen LogP contribution is -2.42. The van der Waals surface area contributed by atoms with Gasteiger partial charge in [0.15, 0.2) is 0 Å². The molecule has 1 atom stereocenters. The Morgan fingerprint density at radius 3 is 2.59 bits per heavy atom. The molecule has 0 aliphatic carbocycles. The lowest BCUT2D eigenvalue weighted by Gasteiger charge is -2.32. The van der Waals surface area contributed by atoms with Gasteiger partial charge in [-0.05, 0) is 35.7 Å². The van der Waals surface area contributed by atoms with Gasteiger partial charge < -0.3 is 9.64 Å². The third kappa shape index (κ3) is 3.71. The van der Waals surface area contributed by atoms with Crippen LogP contribution in [0.25, 0.3) is 22.0 Å². The first-order valence-electron chi connectivity index (χ1n) is 10.3. The molecule has 1 fully saturated rings. The highest BCUT2D eigenvalue weighted by molar-refractivity contribution is 6.05. The first-order chi connectivity index (χ1) is 15.6. The molecule has 4 aromatic rings. The second-order valence-electron chi connectivity index (χ2n) is 7.54. The molecule has 32 heavy (non-hydrogen) atoms. The van der Waals surface area contributed by atoms with Gasteiger partial charge in [-0.3, -0.25) is 9.78 Å². The van der Waals surface area contributed by atoms with E-state index in [1.807, 2.05) is 30.3 Å². The first kappa shape index (κ1) is 20.2. The zero-order valence-electron chi connectivity index (χ0n) is 17.0. The highest BCUT2D eigenvalue weighted by Crippen LogP contribution is 2.28. The minimum Gasteiger partial charge on any atom is -0.368 e. The molecule has 3 heterocycles. The summed E-state index contributed by atoms with van der Waals surface area (Å²) in [7, 11) is 0. The number of morpholine rings is 1. The van der Waals surface area contributed by atoms with E-state index >= 15 is 0 Å². The van der Waals surface area contributed by atoms with Crippen molar-refractivity contribution in [2.45, 2.75) is 6.10 Å². The second-order valence-corrected chi connectivity index (χ2v) is 7.54. The Hall–Kier alpha value is -3.71. The minimum absolute atomic E-state index is 0.181. The average Bonchev–Trinajstić information content (AvgIpc) is 2.83. The Bertz CT molecular complexity index is 1290. The lowest BCUT2D eigenvalue weighted by molar-refractivity contribution is -0.0248. The van der Waals surface area contributed by atoms with E-state index in [0.29, 0.717) is 24.5 Å². The fourth-order valence-electron chi connectivity index (χ4n) is 3.97. The number of fused-ring (bicyclic) bond motifs is 1. The van der Waals surface area contributed by atoms with Gasteiger partial charge in [0.25, 0.3) is 5.91 Å². The number of benzene rings is 2. The van der Waals surface area contributed by atoms with Gasteiger partial charge in [0.2, 0.25) is 0 Å². The third-order valence-electron chi connectivity index (χ3n) is 5.55. The molecule has 0 radical (unpaired) electrons. The summed E-state index contributed by atoms with van der Waals surface area (Å²) in [5.74, 6) is -1.55. The van der Waals surface area contributed by atoms with Crippen molar-refractivity contribution in [3.63, 3.8) is 0 Å². The number of pyridine rings is 2. The molecule has 1 aliphatic rings. The van der Waals surface area contributed by atoms with E-state index in [1.54, 1.807) is 29.3 Å². The number of carbonyl (C=O) groups excluding carboxylic acids is 1. The van der Waals surface area contributed by atoms with Crippen LogP contribution in [0.5, 0.6) is 0 Å². The summed E-state index contributed by atoms with van der Waals surface area (Å²) in [6, 6.07) is 18.1. The zero-order valence-corrected chi connectivity index (χ0v) is 17.0. The molecule has 1 amide bonds. The van der Waals surface area contributed by atoms with Gasteiger partial charge in [0.1, 0.15) is 23.4 Å². The molecule has 160 valence electrons. The largest absolute Gasteiger partial charge is 0.368 e. The highest BCUT2D eigenvalue weighted by Gasteiger charge is 2.29. The Morgan fingerprint density at radius 1 is 0.969 bits per heavy atom. The van der Waals surface area contributed by atoms with Crippen LogP contribution in [0, 0.1) is 11.6 Å². The lowest BCUT2D eigenvalue weighted by atomic mass is 10.1. The average molecular weight is 431 g/mol. The molecule has 1 aliphatic heterocycles. The minimum atomic E-state index is -0.682. The van der Waals surface area contributed by atoms with E-state index in [9.17, 15) is 13.6 Å². The number of carbonyl (C=O) groups is 1. The second kappa shape index (κ2) is 8.43. The molecule has 0 N–H and O–H groups in total. The molecule has 7 heteroatoms. The Balaban J connectivity index is 1.43. The van der Waals surface area contributed by atoms with Crippen molar-refractivity contribution in [1.29, 1.82) is 0 Å². The maximum Gasteiger partial charge on any atom is 0.273 e. The zero-order chi connectivity index (χ0) is 22.1. The normalized spacial score (nSPS) is 16.3. The maximum atomic E-state index is 14.2. The van der Waals surface area contributed by atoms with E-state index in [4.69, 9.17) is 4.74 Å². The van der Waals surface area contributed by atoms with Crippen molar-refractivity contribution < 1.29 is 18.3 Å². The maximum absolute atomic E-state index is 14.2. The fourth-order valence-corrected chi connectivity index (χ4v) is 3.97. The smallest absolute Gasteiger partial charge is 0.273 e. The summed E-state index contributed by atoms with van der Waals surface area (Å²) in [4.78, 5) is 23.7. The number of halogens is 2. The number of ether oxygens (including phenoxy) is 1. The molecule has 0 unspecified atom stereocenters. The predicted octanol–water partition coefficient (Wildman–Crippen LogP) is 4.79. The van der Waals surface area contributed by atoms with Gasteiger partial charge in [-0.1, -0.05) is 36.4 Å². The van der Waals surface area contributed by atoms with Gasteiger partial charge in [-0.25, -0.2) is 13.8 Å². The van der Waals surface area contributed by atoms with E-state index < -0.39 is 17.7 Å². The van der Waals surface area contributed by atoms with E-state index in [1.165, 1.54) is 18.2 Å². The summed E-state index contributed by atoms with van der Waals surface area (Å²) < 4.78 is 34.3. The fraction of sp³-hybridized carbons (Fsp3) is 0.160. The van der Waals surface area contributed by atoms with E-state index in [-0.39, 0.29) is 23.7 Å². The van der Waals surface area contributed by atoms with Crippen molar-refractivity contribution in [3.8, 4) is 11.3 Å². The van der Waals surface area contributed by atoms with Gasteiger partial charge in [0, 0.05) is 18.1 Å². The Labute approximate surface area is 183 Å². The van der Waals surface area contributed by atoms with Crippen molar-refractivity contribution in [3.05, 3.63) is 95.9 Å². The highest BCUT2D eigenvalue weighted by atomic mass is 19.1. The van der Waals surface area contributed by atoms with Gasteiger partial charge in [-0.15, -0.1) is 0 Å². The molecular formula is C25H19F2N3O2. The van der Waals surface area contributed by atoms with Crippen LogP contribution >= 0.6 is 0 Å². The Kier molecular flexibility index (Phi) is 5.33. The van der Waals surface area contributed by atoms with Crippen LogP contribution in [-0.4, -0.2) is 40.5 Å². The number of hydrogen-bond acceptors (Lipinski definition) is 4. The third-order valence-corrected chi connectivity index (χ3v) is 5.55. The topological polar surface area (TPSA) is 55.3 Å².